The number of benzene rings is 1. The number of amides is 1. The van der Waals surface area contributed by atoms with Gasteiger partial charge >= 0.3 is 0 Å². The Labute approximate surface area is 118 Å². The zero-order valence-electron chi connectivity index (χ0n) is 12.1. The van der Waals surface area contributed by atoms with E-state index in [-0.39, 0.29) is 5.91 Å². The van der Waals surface area contributed by atoms with Gasteiger partial charge in [0.1, 0.15) is 5.75 Å². The van der Waals surface area contributed by atoms with Gasteiger partial charge in [-0.25, -0.2) is 0 Å². The highest BCUT2D eigenvalue weighted by Crippen LogP contribution is 2.30. The van der Waals surface area contributed by atoms with Crippen molar-refractivity contribution in [1.29, 1.82) is 0 Å². The fourth-order valence-corrected chi connectivity index (χ4v) is 2.11. The average molecular weight is 276 g/mol. The quantitative estimate of drug-likeness (QED) is 0.896. The van der Waals surface area contributed by atoms with Crippen molar-refractivity contribution in [2.75, 3.05) is 13.7 Å². The maximum atomic E-state index is 12.1. The van der Waals surface area contributed by atoms with E-state index in [1.807, 2.05) is 31.2 Å². The molecule has 0 aliphatic carbocycles. The van der Waals surface area contributed by atoms with Crippen molar-refractivity contribution in [1.82, 2.24) is 5.32 Å². The lowest BCUT2D eigenvalue weighted by atomic mass is 9.94. The van der Waals surface area contributed by atoms with Crippen molar-refractivity contribution < 1.29 is 14.4 Å². The number of nitrogens with zero attached hydrogens (tertiary/aromatic N) is 1. The van der Waals surface area contributed by atoms with Gasteiger partial charge in [0.2, 0.25) is 5.60 Å². The van der Waals surface area contributed by atoms with Gasteiger partial charge in [0.05, 0.1) is 12.8 Å². The molecule has 0 radical (unpaired) electrons. The zero-order chi connectivity index (χ0) is 14.6. The largest absolute Gasteiger partial charge is 0.496 e. The molecule has 5 heteroatoms. The minimum absolute atomic E-state index is 0.131. The summed E-state index contributed by atoms with van der Waals surface area (Å²) in [7, 11) is 1.61. The molecule has 2 rings (SSSR count). The molecule has 0 saturated heterocycles. The summed E-state index contributed by atoms with van der Waals surface area (Å²) in [5.41, 5.74) is 0.657. The summed E-state index contributed by atoms with van der Waals surface area (Å²) in [5, 5.41) is 6.92. The summed E-state index contributed by atoms with van der Waals surface area (Å²) in [5.74, 6) is 0.598. The predicted octanol–water partition coefficient (Wildman–Crippen LogP) is 2.10. The van der Waals surface area contributed by atoms with Crippen LogP contribution in [0.4, 0.5) is 0 Å². The molecule has 1 aromatic carbocycles. The van der Waals surface area contributed by atoms with Gasteiger partial charge in [0, 0.05) is 18.5 Å². The summed E-state index contributed by atoms with van der Waals surface area (Å²) < 4.78 is 5.31. The van der Waals surface area contributed by atoms with E-state index in [0.29, 0.717) is 13.0 Å². The SMILES string of the molecule is CCCNC(=O)[C@]1(C)CC(c2ccccc2OC)=NO1. The second-order valence-electron chi connectivity index (χ2n) is 4.99. The monoisotopic (exact) mass is 276 g/mol. The number of carbonyl (C=O) groups is 1. The molecular weight excluding hydrogens is 256 g/mol. The molecular formula is C15H20N2O3. The van der Waals surface area contributed by atoms with Crippen LogP contribution in [-0.2, 0) is 9.63 Å². The molecule has 0 aromatic heterocycles. The van der Waals surface area contributed by atoms with E-state index in [2.05, 4.69) is 10.5 Å². The van der Waals surface area contributed by atoms with Crippen LogP contribution in [-0.4, -0.2) is 30.9 Å². The van der Waals surface area contributed by atoms with Gasteiger partial charge < -0.3 is 14.9 Å². The van der Waals surface area contributed by atoms with Gasteiger partial charge in [-0.3, -0.25) is 4.79 Å². The molecule has 108 valence electrons. The van der Waals surface area contributed by atoms with E-state index < -0.39 is 5.60 Å². The van der Waals surface area contributed by atoms with E-state index in [1.54, 1.807) is 14.0 Å². The van der Waals surface area contributed by atoms with Crippen LogP contribution in [0.1, 0.15) is 32.3 Å². The summed E-state index contributed by atoms with van der Waals surface area (Å²) >= 11 is 0. The molecule has 1 amide bonds. The number of ether oxygens (including phenoxy) is 1. The first-order chi connectivity index (χ1) is 9.60. The fraction of sp³-hybridized carbons (Fsp3) is 0.467. The molecule has 20 heavy (non-hydrogen) atoms. The van der Waals surface area contributed by atoms with Gasteiger partial charge in [-0.2, -0.15) is 0 Å². The summed E-state index contributed by atoms with van der Waals surface area (Å²) in [4.78, 5) is 17.5. The number of carbonyl (C=O) groups excluding carboxylic acids is 1. The van der Waals surface area contributed by atoms with E-state index in [1.165, 1.54) is 0 Å². The third-order valence-electron chi connectivity index (χ3n) is 3.30. The van der Waals surface area contributed by atoms with Gasteiger partial charge in [-0.05, 0) is 25.5 Å². The van der Waals surface area contributed by atoms with Gasteiger partial charge in [-0.1, -0.05) is 24.2 Å². The average Bonchev–Trinajstić information content (AvgIpc) is 2.88. The Morgan fingerprint density at radius 3 is 2.95 bits per heavy atom. The Morgan fingerprint density at radius 1 is 1.50 bits per heavy atom. The lowest BCUT2D eigenvalue weighted by Crippen LogP contribution is -2.45. The second kappa shape index (κ2) is 5.94. The Morgan fingerprint density at radius 2 is 2.25 bits per heavy atom. The maximum absolute atomic E-state index is 12.1. The van der Waals surface area contributed by atoms with Crippen LogP contribution in [0.5, 0.6) is 5.75 Å². The number of oxime groups is 1. The summed E-state index contributed by atoms with van der Waals surface area (Å²) in [6.07, 6.45) is 1.32. The van der Waals surface area contributed by atoms with E-state index in [0.717, 1.165) is 23.4 Å². The van der Waals surface area contributed by atoms with Gasteiger partial charge in [-0.15, -0.1) is 0 Å². The highest BCUT2D eigenvalue weighted by molar-refractivity contribution is 6.07. The van der Waals surface area contributed by atoms with Crippen molar-refractivity contribution >= 4 is 11.6 Å². The molecule has 1 heterocycles. The van der Waals surface area contributed by atoms with Crippen LogP contribution in [0.2, 0.25) is 0 Å². The minimum atomic E-state index is -0.939. The molecule has 5 nitrogen and oxygen atoms in total. The van der Waals surface area contributed by atoms with Crippen LogP contribution in [0.25, 0.3) is 0 Å². The number of methoxy groups -OCH3 is 1. The van der Waals surface area contributed by atoms with Crippen LogP contribution in [0.15, 0.2) is 29.4 Å². The highest BCUT2D eigenvalue weighted by Gasteiger charge is 2.42. The lowest BCUT2D eigenvalue weighted by Gasteiger charge is -2.20. The molecule has 0 fully saturated rings. The Bertz CT molecular complexity index is 528. The molecule has 1 aliphatic rings. The lowest BCUT2D eigenvalue weighted by molar-refractivity contribution is -0.141. The number of para-hydroxylation sites is 1. The number of hydrogen-bond acceptors (Lipinski definition) is 4. The summed E-state index contributed by atoms with van der Waals surface area (Å²) in [6.45, 7) is 4.40. The number of nitrogens with one attached hydrogen (secondary N) is 1. The van der Waals surface area contributed by atoms with Crippen LogP contribution in [0, 0.1) is 0 Å². The molecule has 0 spiro atoms. The molecule has 1 aromatic rings. The minimum Gasteiger partial charge on any atom is -0.496 e. The molecule has 1 atom stereocenters. The van der Waals surface area contributed by atoms with Gasteiger partial charge in [0.15, 0.2) is 0 Å². The maximum Gasteiger partial charge on any atom is 0.267 e. The Hall–Kier alpha value is -2.04. The van der Waals surface area contributed by atoms with E-state index in [4.69, 9.17) is 9.57 Å². The molecule has 0 unspecified atom stereocenters. The Kier molecular flexibility index (Phi) is 4.27. The van der Waals surface area contributed by atoms with Crippen LogP contribution < -0.4 is 10.1 Å². The molecule has 1 aliphatic heterocycles. The third-order valence-corrected chi connectivity index (χ3v) is 3.30. The standard InChI is InChI=1S/C15H20N2O3/c1-4-9-16-14(18)15(2)10-12(17-20-15)11-7-5-6-8-13(11)19-3/h5-8H,4,9-10H2,1-3H3,(H,16,18)/t15-/m0/s1. The van der Waals surface area contributed by atoms with Crippen molar-refractivity contribution in [2.24, 2.45) is 5.16 Å². The first kappa shape index (κ1) is 14.4. The topological polar surface area (TPSA) is 59.9 Å². The van der Waals surface area contributed by atoms with Crippen molar-refractivity contribution in [3.05, 3.63) is 29.8 Å². The van der Waals surface area contributed by atoms with E-state index >= 15 is 0 Å². The second-order valence-corrected chi connectivity index (χ2v) is 4.99. The van der Waals surface area contributed by atoms with Crippen molar-refractivity contribution in [2.45, 2.75) is 32.3 Å². The first-order valence-electron chi connectivity index (χ1n) is 6.77. The first-order valence-corrected chi connectivity index (χ1v) is 6.77. The highest BCUT2D eigenvalue weighted by atomic mass is 16.7. The van der Waals surface area contributed by atoms with Crippen molar-refractivity contribution in [3.63, 3.8) is 0 Å². The normalized spacial score (nSPS) is 21.1. The number of rotatable bonds is 5. The molecule has 0 saturated carbocycles. The smallest absolute Gasteiger partial charge is 0.267 e. The molecule has 0 bridgehead atoms. The van der Waals surface area contributed by atoms with E-state index in [9.17, 15) is 4.79 Å². The number of hydrogen-bond donors (Lipinski definition) is 1. The molecule has 1 N–H and O–H groups in total. The van der Waals surface area contributed by atoms with Gasteiger partial charge in [0.25, 0.3) is 5.91 Å². The summed E-state index contributed by atoms with van der Waals surface area (Å²) in [6, 6.07) is 7.58. The fourth-order valence-electron chi connectivity index (χ4n) is 2.11. The van der Waals surface area contributed by atoms with Crippen molar-refractivity contribution in [3.8, 4) is 5.75 Å². The zero-order valence-corrected chi connectivity index (χ0v) is 12.1. The predicted molar refractivity (Wildman–Crippen MR) is 76.9 cm³/mol. The van der Waals surface area contributed by atoms with Crippen LogP contribution >= 0.6 is 0 Å². The Balaban J connectivity index is 2.13. The third kappa shape index (κ3) is 2.76. The van der Waals surface area contributed by atoms with Crippen LogP contribution in [0.3, 0.4) is 0 Å².